The summed E-state index contributed by atoms with van der Waals surface area (Å²) < 4.78 is 49.3. The van der Waals surface area contributed by atoms with Gasteiger partial charge in [-0.3, -0.25) is 4.79 Å². The minimum absolute atomic E-state index is 0.0458. The summed E-state index contributed by atoms with van der Waals surface area (Å²) in [7, 11) is -0.703. The Kier molecular flexibility index (Phi) is 7.17. The van der Waals surface area contributed by atoms with Crippen LogP contribution in [0.2, 0.25) is 0 Å². The average Bonchev–Trinajstić information content (AvgIpc) is 3.23. The maximum Gasteiger partial charge on any atom is 0.243 e. The topological polar surface area (TPSA) is 115 Å². The van der Waals surface area contributed by atoms with Crippen LogP contribution in [0.5, 0.6) is 0 Å². The number of anilines is 1. The fraction of sp³-hybridized carbons (Fsp3) is 0.250. The van der Waals surface area contributed by atoms with Gasteiger partial charge in [0.2, 0.25) is 5.91 Å². The Morgan fingerprint density at radius 3 is 2.59 bits per heavy atom. The summed E-state index contributed by atoms with van der Waals surface area (Å²) in [5.41, 5.74) is 9.36. The summed E-state index contributed by atoms with van der Waals surface area (Å²) in [5, 5.41) is 3.10. The highest BCUT2D eigenvalue weighted by Gasteiger charge is 2.24. The Hall–Kier alpha value is -4.12. The molecule has 1 aliphatic heterocycles. The molecule has 3 N–H and O–H groups in total. The summed E-state index contributed by atoms with van der Waals surface area (Å²) in [6, 6.07) is 9.09. The lowest BCUT2D eigenvalue weighted by Gasteiger charge is -2.15. The van der Waals surface area contributed by atoms with Gasteiger partial charge in [-0.25, -0.2) is 23.0 Å². The van der Waals surface area contributed by atoms with Crippen molar-refractivity contribution in [2.24, 2.45) is 11.4 Å². The Labute approximate surface area is 225 Å². The van der Waals surface area contributed by atoms with Crippen LogP contribution in [0.25, 0.3) is 33.4 Å². The van der Waals surface area contributed by atoms with Gasteiger partial charge < -0.3 is 15.6 Å². The SMILES string of the molecule is C=CC(=O)NCc1cc(-c2c(-c3ccc(N=S4(=O)CCCCC4)c(F)c3)c3c(N)ncnc3n2C)ccc1F. The smallest absolute Gasteiger partial charge is 0.243 e. The fourth-order valence-corrected chi connectivity index (χ4v) is 7.15. The van der Waals surface area contributed by atoms with E-state index in [2.05, 4.69) is 26.2 Å². The number of rotatable bonds is 6. The molecule has 3 heterocycles. The van der Waals surface area contributed by atoms with E-state index in [-0.39, 0.29) is 23.6 Å². The summed E-state index contributed by atoms with van der Waals surface area (Å²) >= 11 is 0. The highest BCUT2D eigenvalue weighted by Crippen LogP contribution is 2.42. The summed E-state index contributed by atoms with van der Waals surface area (Å²) in [5.74, 6) is -0.380. The van der Waals surface area contributed by atoms with E-state index in [1.807, 2.05) is 0 Å². The molecular weight excluding hydrogens is 522 g/mol. The first kappa shape index (κ1) is 26.5. The van der Waals surface area contributed by atoms with E-state index in [9.17, 15) is 13.4 Å². The minimum atomic E-state index is -2.48. The van der Waals surface area contributed by atoms with Gasteiger partial charge in [0.05, 0.1) is 20.8 Å². The summed E-state index contributed by atoms with van der Waals surface area (Å²) in [6.45, 7) is 3.37. The fourth-order valence-electron chi connectivity index (χ4n) is 4.95. The van der Waals surface area contributed by atoms with Gasteiger partial charge >= 0.3 is 0 Å². The van der Waals surface area contributed by atoms with Crippen LogP contribution in [0.1, 0.15) is 24.8 Å². The van der Waals surface area contributed by atoms with Crippen molar-refractivity contribution in [1.82, 2.24) is 19.9 Å². The number of carbonyl (C=O) groups excluding carboxylic acids is 1. The van der Waals surface area contributed by atoms with Gasteiger partial charge in [-0.1, -0.05) is 19.1 Å². The number of carbonyl (C=O) groups is 1. The predicted octanol–water partition coefficient (Wildman–Crippen LogP) is 5.25. The third-order valence-electron chi connectivity index (χ3n) is 6.88. The second kappa shape index (κ2) is 10.6. The van der Waals surface area contributed by atoms with Crippen LogP contribution >= 0.6 is 0 Å². The van der Waals surface area contributed by atoms with Gasteiger partial charge in [-0.2, -0.15) is 4.36 Å². The van der Waals surface area contributed by atoms with Gasteiger partial charge in [0.15, 0.2) is 0 Å². The lowest BCUT2D eigenvalue weighted by molar-refractivity contribution is -0.116. The zero-order chi connectivity index (χ0) is 27.7. The maximum atomic E-state index is 15.4. The molecule has 11 heteroatoms. The standard InChI is InChI=1S/C28H28F2N6O2S/c1-3-23(37)32-15-19-13-18(7-9-20(19)29)26-24(25-27(31)33-16-34-28(25)36(26)2)17-8-10-22(21(30)14-17)35-39(38)11-5-4-6-12-39/h3,7-10,13-14,16H,1,4-6,11-12,15H2,2H3,(H,32,37)(H2,31,33,34). The molecule has 39 heavy (non-hydrogen) atoms. The monoisotopic (exact) mass is 550 g/mol. The quantitative estimate of drug-likeness (QED) is 0.318. The highest BCUT2D eigenvalue weighted by molar-refractivity contribution is 7.93. The first-order chi connectivity index (χ1) is 18.7. The molecule has 1 fully saturated rings. The van der Waals surface area contributed by atoms with Gasteiger partial charge in [0.1, 0.15) is 35.1 Å². The molecule has 4 aromatic rings. The number of amides is 1. The molecule has 2 aromatic carbocycles. The Morgan fingerprint density at radius 2 is 1.87 bits per heavy atom. The third-order valence-corrected chi connectivity index (χ3v) is 9.26. The number of nitrogens with zero attached hydrogens (tertiary/aromatic N) is 4. The molecule has 2 aromatic heterocycles. The molecule has 0 spiro atoms. The van der Waals surface area contributed by atoms with E-state index < -0.39 is 27.3 Å². The molecule has 8 nitrogen and oxygen atoms in total. The molecule has 0 bridgehead atoms. The highest BCUT2D eigenvalue weighted by atomic mass is 32.2. The van der Waals surface area contributed by atoms with Crippen molar-refractivity contribution in [3.8, 4) is 22.4 Å². The number of nitrogen functional groups attached to an aromatic ring is 1. The molecule has 202 valence electrons. The lowest BCUT2D eigenvalue weighted by Crippen LogP contribution is -2.20. The van der Waals surface area contributed by atoms with Crippen LogP contribution in [0.4, 0.5) is 20.3 Å². The number of nitrogens with two attached hydrogens (primary N) is 1. The molecular formula is C28H28F2N6O2S. The van der Waals surface area contributed by atoms with Crippen LogP contribution in [-0.2, 0) is 28.1 Å². The molecule has 1 aliphatic rings. The number of benzene rings is 2. The minimum Gasteiger partial charge on any atom is -0.383 e. The second-order valence-electron chi connectivity index (χ2n) is 9.47. The van der Waals surface area contributed by atoms with Gasteiger partial charge in [0.25, 0.3) is 0 Å². The van der Waals surface area contributed by atoms with Crippen molar-refractivity contribution < 1.29 is 17.8 Å². The molecule has 0 atom stereocenters. The van der Waals surface area contributed by atoms with Crippen LogP contribution in [0, 0.1) is 11.6 Å². The van der Waals surface area contributed by atoms with E-state index >= 15 is 4.39 Å². The van der Waals surface area contributed by atoms with E-state index in [0.717, 1.165) is 25.3 Å². The lowest BCUT2D eigenvalue weighted by atomic mass is 9.97. The van der Waals surface area contributed by atoms with Crippen molar-refractivity contribution in [2.75, 3.05) is 17.2 Å². The number of hydrogen-bond acceptors (Lipinski definition) is 6. The second-order valence-corrected chi connectivity index (χ2v) is 12.0. The third kappa shape index (κ3) is 5.14. The van der Waals surface area contributed by atoms with Crippen LogP contribution < -0.4 is 11.1 Å². The van der Waals surface area contributed by atoms with E-state index in [1.54, 1.807) is 29.8 Å². The van der Waals surface area contributed by atoms with Crippen molar-refractivity contribution in [1.29, 1.82) is 0 Å². The maximum absolute atomic E-state index is 15.4. The normalized spacial score (nSPS) is 14.7. The number of aryl methyl sites for hydroxylation is 1. The Bertz CT molecular complexity index is 1730. The first-order valence-corrected chi connectivity index (χ1v) is 14.4. The molecule has 0 radical (unpaired) electrons. The zero-order valence-corrected chi connectivity index (χ0v) is 22.2. The number of halogens is 2. The number of hydrogen-bond donors (Lipinski definition) is 2. The molecule has 1 saturated heterocycles. The van der Waals surface area contributed by atoms with Crippen LogP contribution in [-0.4, -0.2) is 36.2 Å². The zero-order valence-electron chi connectivity index (χ0n) is 21.4. The van der Waals surface area contributed by atoms with E-state index in [4.69, 9.17) is 5.73 Å². The van der Waals surface area contributed by atoms with Crippen molar-refractivity contribution in [2.45, 2.75) is 25.8 Å². The molecule has 1 amide bonds. The number of nitrogens with one attached hydrogen (secondary N) is 1. The summed E-state index contributed by atoms with van der Waals surface area (Å²) in [4.78, 5) is 20.2. The van der Waals surface area contributed by atoms with Gasteiger partial charge in [0, 0.05) is 36.2 Å². The first-order valence-electron chi connectivity index (χ1n) is 12.5. The van der Waals surface area contributed by atoms with Gasteiger partial charge in [-0.15, -0.1) is 0 Å². The molecule has 5 rings (SSSR count). The molecule has 0 saturated carbocycles. The van der Waals surface area contributed by atoms with Crippen molar-refractivity contribution in [3.05, 3.63) is 72.6 Å². The predicted molar refractivity (Wildman–Crippen MR) is 150 cm³/mol. The summed E-state index contributed by atoms with van der Waals surface area (Å²) in [6.07, 6.45) is 5.09. The largest absolute Gasteiger partial charge is 0.383 e. The van der Waals surface area contributed by atoms with Crippen LogP contribution in [0.3, 0.4) is 0 Å². The van der Waals surface area contributed by atoms with Crippen molar-refractivity contribution >= 4 is 38.2 Å². The van der Waals surface area contributed by atoms with Crippen LogP contribution in [0.15, 0.2) is 59.7 Å². The van der Waals surface area contributed by atoms with E-state index in [0.29, 0.717) is 44.9 Å². The van der Waals surface area contributed by atoms with E-state index in [1.165, 1.54) is 24.5 Å². The van der Waals surface area contributed by atoms with Crippen molar-refractivity contribution in [3.63, 3.8) is 0 Å². The van der Waals surface area contributed by atoms with Gasteiger partial charge in [-0.05, 0) is 60.4 Å². The Balaban J connectivity index is 1.68. The Morgan fingerprint density at radius 1 is 1.13 bits per heavy atom. The number of fused-ring (bicyclic) bond motifs is 1. The molecule has 0 unspecified atom stereocenters. The molecule has 0 aliphatic carbocycles. The average molecular weight is 551 g/mol. The number of aromatic nitrogens is 3.